The summed E-state index contributed by atoms with van der Waals surface area (Å²) < 4.78 is 2.31. The predicted octanol–water partition coefficient (Wildman–Crippen LogP) is 4.85. The van der Waals surface area contributed by atoms with Gasteiger partial charge >= 0.3 is 0 Å². The lowest BCUT2D eigenvalue weighted by Crippen LogP contribution is -2.14. The van der Waals surface area contributed by atoms with Crippen molar-refractivity contribution >= 4 is 23.4 Å². The van der Waals surface area contributed by atoms with Gasteiger partial charge in [0.2, 0.25) is 5.95 Å². The van der Waals surface area contributed by atoms with Crippen LogP contribution in [0.1, 0.15) is 38.1 Å². The first-order valence-electron chi connectivity index (χ1n) is 7.31. The zero-order valence-electron chi connectivity index (χ0n) is 11.9. The van der Waals surface area contributed by atoms with Gasteiger partial charge in [-0.25, -0.2) is 4.98 Å². The Bertz CT molecular complexity index is 558. The summed E-state index contributed by atoms with van der Waals surface area (Å²) in [6, 6.07) is 9.09. The fourth-order valence-corrected chi connectivity index (χ4v) is 3.35. The van der Waals surface area contributed by atoms with Crippen molar-refractivity contribution in [1.29, 1.82) is 0 Å². The number of rotatable bonds is 4. The third-order valence-corrected chi connectivity index (χ3v) is 4.69. The van der Waals surface area contributed by atoms with Crippen molar-refractivity contribution in [1.82, 2.24) is 9.55 Å². The molecule has 3 nitrogen and oxygen atoms in total. The summed E-state index contributed by atoms with van der Waals surface area (Å²) in [5.74, 6) is 0.968. The summed E-state index contributed by atoms with van der Waals surface area (Å²) in [6.07, 6.45) is 12.7. The number of anilines is 2. The highest BCUT2D eigenvalue weighted by Crippen LogP contribution is 2.31. The molecule has 1 aliphatic carbocycles. The zero-order chi connectivity index (χ0) is 13.8. The molecule has 0 amide bonds. The molecule has 1 aromatic carbocycles. The quantitative estimate of drug-likeness (QED) is 0.815. The van der Waals surface area contributed by atoms with Gasteiger partial charge in [-0.15, -0.1) is 11.8 Å². The van der Waals surface area contributed by atoms with Crippen LogP contribution >= 0.6 is 11.8 Å². The molecule has 106 valence electrons. The largest absolute Gasteiger partial charge is 0.326 e. The van der Waals surface area contributed by atoms with Crippen LogP contribution in [0.4, 0.5) is 11.6 Å². The van der Waals surface area contributed by atoms with Crippen LogP contribution in [0.2, 0.25) is 0 Å². The first-order valence-corrected chi connectivity index (χ1v) is 8.53. The normalized spacial score (nSPS) is 16.2. The van der Waals surface area contributed by atoms with Gasteiger partial charge < -0.3 is 9.88 Å². The molecule has 3 rings (SSSR count). The van der Waals surface area contributed by atoms with Gasteiger partial charge in [0.25, 0.3) is 0 Å². The third-order valence-electron chi connectivity index (χ3n) is 3.96. The van der Waals surface area contributed by atoms with Crippen molar-refractivity contribution in [3.8, 4) is 0 Å². The van der Waals surface area contributed by atoms with E-state index < -0.39 is 0 Å². The number of thioether (sulfide) groups is 1. The minimum atomic E-state index is 0.609. The summed E-state index contributed by atoms with van der Waals surface area (Å²) in [7, 11) is 0. The van der Waals surface area contributed by atoms with E-state index in [0.29, 0.717) is 6.04 Å². The van der Waals surface area contributed by atoms with Crippen LogP contribution in [0.3, 0.4) is 0 Å². The molecule has 1 aromatic heterocycles. The summed E-state index contributed by atoms with van der Waals surface area (Å²) in [5, 5.41) is 3.46. The van der Waals surface area contributed by atoms with E-state index in [1.807, 2.05) is 6.20 Å². The van der Waals surface area contributed by atoms with E-state index in [9.17, 15) is 0 Å². The van der Waals surface area contributed by atoms with Crippen molar-refractivity contribution in [2.75, 3.05) is 11.6 Å². The lowest BCUT2D eigenvalue weighted by molar-refractivity contribution is 0.356. The van der Waals surface area contributed by atoms with E-state index in [4.69, 9.17) is 0 Å². The van der Waals surface area contributed by atoms with Gasteiger partial charge in [0.05, 0.1) is 0 Å². The molecule has 0 unspecified atom stereocenters. The molecule has 0 bridgehead atoms. The monoisotopic (exact) mass is 287 g/mol. The molecule has 0 aliphatic heterocycles. The highest BCUT2D eigenvalue weighted by Gasteiger charge is 2.17. The van der Waals surface area contributed by atoms with Crippen LogP contribution in [0.15, 0.2) is 41.6 Å². The molecule has 1 fully saturated rings. The van der Waals surface area contributed by atoms with Crippen molar-refractivity contribution in [2.24, 2.45) is 0 Å². The molecule has 1 N–H and O–H groups in total. The fraction of sp³-hybridized carbons (Fsp3) is 0.438. The molecule has 2 aromatic rings. The van der Waals surface area contributed by atoms with Crippen LogP contribution in [-0.4, -0.2) is 15.8 Å². The Hall–Kier alpha value is -1.42. The molecule has 0 radical (unpaired) electrons. The van der Waals surface area contributed by atoms with Crippen molar-refractivity contribution < 1.29 is 0 Å². The zero-order valence-corrected chi connectivity index (χ0v) is 12.7. The molecular weight excluding hydrogens is 266 g/mol. The fourth-order valence-electron chi connectivity index (χ4n) is 2.89. The molecule has 1 saturated carbocycles. The Morgan fingerprint density at radius 2 is 2.10 bits per heavy atom. The van der Waals surface area contributed by atoms with Crippen LogP contribution in [0, 0.1) is 0 Å². The van der Waals surface area contributed by atoms with E-state index >= 15 is 0 Å². The van der Waals surface area contributed by atoms with Gasteiger partial charge in [-0.2, -0.15) is 0 Å². The molecule has 1 heterocycles. The highest BCUT2D eigenvalue weighted by atomic mass is 32.2. The lowest BCUT2D eigenvalue weighted by atomic mass is 9.95. The van der Waals surface area contributed by atoms with Crippen molar-refractivity contribution in [2.45, 2.75) is 43.0 Å². The topological polar surface area (TPSA) is 29.9 Å². The van der Waals surface area contributed by atoms with E-state index in [1.54, 1.807) is 11.8 Å². The average Bonchev–Trinajstić information content (AvgIpc) is 2.96. The molecular formula is C16H21N3S. The molecule has 4 heteroatoms. The first-order chi connectivity index (χ1) is 9.86. The number of nitrogens with zero attached hydrogens (tertiary/aromatic N) is 2. The van der Waals surface area contributed by atoms with E-state index in [-0.39, 0.29) is 0 Å². The van der Waals surface area contributed by atoms with E-state index in [2.05, 4.69) is 51.6 Å². The molecule has 0 spiro atoms. The van der Waals surface area contributed by atoms with E-state index in [0.717, 1.165) is 11.6 Å². The Kier molecular flexibility index (Phi) is 4.31. The number of hydrogen-bond acceptors (Lipinski definition) is 3. The van der Waals surface area contributed by atoms with Crippen LogP contribution < -0.4 is 5.32 Å². The minimum Gasteiger partial charge on any atom is -0.326 e. The summed E-state index contributed by atoms with van der Waals surface area (Å²) in [6.45, 7) is 0. The maximum absolute atomic E-state index is 4.49. The van der Waals surface area contributed by atoms with Gasteiger partial charge in [0.15, 0.2) is 0 Å². The van der Waals surface area contributed by atoms with Crippen LogP contribution in [0.5, 0.6) is 0 Å². The number of hydrogen-bond donors (Lipinski definition) is 1. The summed E-state index contributed by atoms with van der Waals surface area (Å²) >= 11 is 1.76. The lowest BCUT2D eigenvalue weighted by Gasteiger charge is -2.24. The van der Waals surface area contributed by atoms with Gasteiger partial charge in [0, 0.05) is 29.0 Å². The summed E-state index contributed by atoms with van der Waals surface area (Å²) in [4.78, 5) is 5.76. The van der Waals surface area contributed by atoms with Gasteiger partial charge in [-0.1, -0.05) is 25.3 Å². The SMILES string of the molecule is CSc1cccc(Nc2nccn2C2CCCCC2)c1. The number of benzene rings is 1. The van der Waals surface area contributed by atoms with Crippen LogP contribution in [-0.2, 0) is 0 Å². The Morgan fingerprint density at radius 1 is 1.25 bits per heavy atom. The van der Waals surface area contributed by atoms with Crippen molar-refractivity contribution in [3.05, 3.63) is 36.7 Å². The Morgan fingerprint density at radius 3 is 2.90 bits per heavy atom. The Balaban J connectivity index is 1.78. The predicted molar refractivity (Wildman–Crippen MR) is 85.9 cm³/mol. The second kappa shape index (κ2) is 6.35. The Labute approximate surface area is 124 Å². The smallest absolute Gasteiger partial charge is 0.207 e. The maximum Gasteiger partial charge on any atom is 0.207 e. The summed E-state index contributed by atoms with van der Waals surface area (Å²) in [5.41, 5.74) is 1.11. The molecule has 20 heavy (non-hydrogen) atoms. The average molecular weight is 287 g/mol. The molecule has 0 atom stereocenters. The van der Waals surface area contributed by atoms with Crippen molar-refractivity contribution in [3.63, 3.8) is 0 Å². The second-order valence-electron chi connectivity index (χ2n) is 5.31. The number of aromatic nitrogens is 2. The van der Waals surface area contributed by atoms with Gasteiger partial charge in [-0.3, -0.25) is 0 Å². The number of imidazole rings is 1. The minimum absolute atomic E-state index is 0.609. The van der Waals surface area contributed by atoms with E-state index in [1.165, 1.54) is 37.0 Å². The third kappa shape index (κ3) is 3.01. The second-order valence-corrected chi connectivity index (χ2v) is 6.19. The molecule has 0 saturated heterocycles. The highest BCUT2D eigenvalue weighted by molar-refractivity contribution is 7.98. The maximum atomic E-state index is 4.49. The van der Waals surface area contributed by atoms with Gasteiger partial charge in [-0.05, 0) is 37.3 Å². The standard InChI is InChI=1S/C16H21N3S/c1-20-15-9-5-6-13(12-15)18-16-17-10-11-19(16)14-7-3-2-4-8-14/h5-6,9-12,14H,2-4,7-8H2,1H3,(H,17,18). The number of nitrogens with one attached hydrogen (secondary N) is 1. The first kappa shape index (κ1) is 13.6. The molecule has 1 aliphatic rings. The van der Waals surface area contributed by atoms with Gasteiger partial charge in [0.1, 0.15) is 0 Å². The van der Waals surface area contributed by atoms with Crippen LogP contribution in [0.25, 0.3) is 0 Å².